The predicted octanol–water partition coefficient (Wildman–Crippen LogP) is 1.24. The average Bonchev–Trinajstić information content (AvgIpc) is 2.18. The number of hydrogen-bond acceptors (Lipinski definition) is 3. The van der Waals surface area contributed by atoms with Crippen LogP contribution in [0.4, 0.5) is 5.69 Å². The minimum atomic E-state index is -0.139. The molecule has 4 heteroatoms. The van der Waals surface area contributed by atoms with Gasteiger partial charge in [-0.2, -0.15) is 12.6 Å². The van der Waals surface area contributed by atoms with Crippen molar-refractivity contribution in [2.24, 2.45) is 0 Å². The molecule has 0 aliphatic heterocycles. The fourth-order valence-electron chi connectivity index (χ4n) is 1.14. The Bertz CT molecular complexity index is 339. The van der Waals surface area contributed by atoms with Gasteiger partial charge in [0, 0.05) is 18.0 Å². The Hall–Kier alpha value is -1.16. The van der Waals surface area contributed by atoms with Crippen LogP contribution in [0.15, 0.2) is 18.2 Å². The van der Waals surface area contributed by atoms with E-state index in [9.17, 15) is 4.79 Å². The third-order valence-corrected chi connectivity index (χ3v) is 2.19. The van der Waals surface area contributed by atoms with Crippen molar-refractivity contribution in [3.8, 4) is 0 Å². The Morgan fingerprint density at radius 2 is 2.29 bits per heavy atom. The van der Waals surface area contributed by atoms with Crippen molar-refractivity contribution in [2.45, 2.75) is 6.92 Å². The summed E-state index contributed by atoms with van der Waals surface area (Å²) in [5.41, 5.74) is 7.77. The maximum absolute atomic E-state index is 11.6. The molecule has 0 saturated carbocycles. The molecule has 76 valence electrons. The topological polar surface area (TPSA) is 55.1 Å². The fraction of sp³-hybridized carbons (Fsp3) is 0.300. The molecule has 1 aromatic rings. The molecule has 0 aromatic heterocycles. The van der Waals surface area contributed by atoms with Gasteiger partial charge in [0.25, 0.3) is 5.91 Å². The van der Waals surface area contributed by atoms with Crippen molar-refractivity contribution in [1.29, 1.82) is 0 Å². The summed E-state index contributed by atoms with van der Waals surface area (Å²) in [7, 11) is 0. The van der Waals surface area contributed by atoms with Crippen LogP contribution in [0.25, 0.3) is 0 Å². The number of anilines is 1. The third kappa shape index (κ3) is 2.42. The van der Waals surface area contributed by atoms with Crippen LogP contribution < -0.4 is 11.1 Å². The molecule has 0 unspecified atom stereocenters. The molecular weight excluding hydrogens is 196 g/mol. The van der Waals surface area contributed by atoms with Gasteiger partial charge in [0.05, 0.1) is 5.56 Å². The summed E-state index contributed by atoms with van der Waals surface area (Å²) in [6.45, 7) is 2.43. The maximum atomic E-state index is 11.6. The third-order valence-electron chi connectivity index (χ3n) is 1.97. The van der Waals surface area contributed by atoms with Gasteiger partial charge in [-0.3, -0.25) is 4.79 Å². The minimum absolute atomic E-state index is 0.139. The van der Waals surface area contributed by atoms with Crippen molar-refractivity contribution in [3.63, 3.8) is 0 Å². The Balaban J connectivity index is 2.84. The van der Waals surface area contributed by atoms with Crippen molar-refractivity contribution >= 4 is 24.2 Å². The van der Waals surface area contributed by atoms with Crippen molar-refractivity contribution in [3.05, 3.63) is 29.3 Å². The Kier molecular flexibility index (Phi) is 3.83. The Morgan fingerprint density at radius 1 is 1.57 bits per heavy atom. The molecule has 0 bridgehead atoms. The SMILES string of the molecule is Cc1cccc(C(=O)NCCS)c1N. The van der Waals surface area contributed by atoms with E-state index in [1.54, 1.807) is 6.07 Å². The zero-order valence-corrected chi connectivity index (χ0v) is 8.97. The summed E-state index contributed by atoms with van der Waals surface area (Å²) in [5, 5.41) is 2.72. The molecule has 14 heavy (non-hydrogen) atoms. The summed E-state index contributed by atoms with van der Waals surface area (Å²) in [5.74, 6) is 0.484. The number of hydrogen-bond donors (Lipinski definition) is 3. The first kappa shape index (κ1) is 10.9. The molecule has 1 rings (SSSR count). The van der Waals surface area contributed by atoms with E-state index in [4.69, 9.17) is 5.73 Å². The fourth-order valence-corrected chi connectivity index (χ4v) is 1.26. The number of carbonyl (C=O) groups excluding carboxylic acids is 1. The number of benzene rings is 1. The lowest BCUT2D eigenvalue weighted by atomic mass is 10.1. The zero-order chi connectivity index (χ0) is 10.6. The van der Waals surface area contributed by atoms with E-state index >= 15 is 0 Å². The van der Waals surface area contributed by atoms with Crippen LogP contribution in [0, 0.1) is 6.92 Å². The second kappa shape index (κ2) is 4.91. The first-order valence-electron chi connectivity index (χ1n) is 4.41. The summed E-state index contributed by atoms with van der Waals surface area (Å²) in [6.07, 6.45) is 0. The normalized spacial score (nSPS) is 9.86. The van der Waals surface area contributed by atoms with Gasteiger partial charge in [0.1, 0.15) is 0 Å². The van der Waals surface area contributed by atoms with Crippen LogP contribution >= 0.6 is 12.6 Å². The quantitative estimate of drug-likeness (QED) is 0.519. The molecule has 3 nitrogen and oxygen atoms in total. The number of rotatable bonds is 3. The first-order chi connectivity index (χ1) is 6.66. The molecule has 0 fully saturated rings. The van der Waals surface area contributed by atoms with Gasteiger partial charge in [0.15, 0.2) is 0 Å². The second-order valence-electron chi connectivity index (χ2n) is 3.02. The van der Waals surface area contributed by atoms with Crippen molar-refractivity contribution in [1.82, 2.24) is 5.32 Å². The predicted molar refractivity (Wildman–Crippen MR) is 61.8 cm³/mol. The molecule has 0 heterocycles. The highest BCUT2D eigenvalue weighted by molar-refractivity contribution is 7.80. The van der Waals surface area contributed by atoms with E-state index in [1.807, 2.05) is 19.1 Å². The zero-order valence-electron chi connectivity index (χ0n) is 8.08. The van der Waals surface area contributed by atoms with E-state index in [2.05, 4.69) is 17.9 Å². The second-order valence-corrected chi connectivity index (χ2v) is 3.46. The van der Waals surface area contributed by atoms with Gasteiger partial charge in [-0.25, -0.2) is 0 Å². The highest BCUT2D eigenvalue weighted by atomic mass is 32.1. The number of nitrogens with one attached hydrogen (secondary N) is 1. The molecular formula is C10H14N2OS. The molecule has 0 atom stereocenters. The van der Waals surface area contributed by atoms with E-state index in [-0.39, 0.29) is 5.91 Å². The van der Waals surface area contributed by atoms with Crippen molar-refractivity contribution in [2.75, 3.05) is 18.0 Å². The number of nitrogens with two attached hydrogens (primary N) is 1. The van der Waals surface area contributed by atoms with E-state index in [0.717, 1.165) is 5.56 Å². The molecule has 0 aliphatic carbocycles. The maximum Gasteiger partial charge on any atom is 0.253 e. The lowest BCUT2D eigenvalue weighted by Gasteiger charge is -2.07. The average molecular weight is 210 g/mol. The molecule has 0 radical (unpaired) electrons. The number of amides is 1. The monoisotopic (exact) mass is 210 g/mol. The van der Waals surface area contributed by atoms with Gasteiger partial charge >= 0.3 is 0 Å². The Morgan fingerprint density at radius 3 is 2.93 bits per heavy atom. The molecule has 0 aliphatic rings. The van der Waals surface area contributed by atoms with Gasteiger partial charge in [-0.1, -0.05) is 12.1 Å². The molecule has 0 spiro atoms. The highest BCUT2D eigenvalue weighted by Gasteiger charge is 2.09. The Labute approximate surface area is 89.1 Å². The number of carbonyl (C=O) groups is 1. The minimum Gasteiger partial charge on any atom is -0.398 e. The van der Waals surface area contributed by atoms with Crippen LogP contribution in [0.5, 0.6) is 0 Å². The van der Waals surface area contributed by atoms with Crippen LogP contribution in [0.3, 0.4) is 0 Å². The largest absolute Gasteiger partial charge is 0.398 e. The van der Waals surface area contributed by atoms with Gasteiger partial charge < -0.3 is 11.1 Å². The number of thiol groups is 1. The summed E-state index contributed by atoms with van der Waals surface area (Å²) in [4.78, 5) is 11.6. The number of nitrogen functional groups attached to an aromatic ring is 1. The molecule has 3 N–H and O–H groups in total. The van der Waals surface area contributed by atoms with E-state index in [0.29, 0.717) is 23.5 Å². The highest BCUT2D eigenvalue weighted by Crippen LogP contribution is 2.15. The summed E-state index contributed by atoms with van der Waals surface area (Å²) >= 11 is 4.01. The lowest BCUT2D eigenvalue weighted by Crippen LogP contribution is -2.26. The summed E-state index contributed by atoms with van der Waals surface area (Å²) < 4.78 is 0. The summed E-state index contributed by atoms with van der Waals surface area (Å²) in [6, 6.07) is 5.42. The first-order valence-corrected chi connectivity index (χ1v) is 5.04. The smallest absolute Gasteiger partial charge is 0.253 e. The molecule has 1 amide bonds. The van der Waals surface area contributed by atoms with Gasteiger partial charge in [-0.05, 0) is 18.6 Å². The van der Waals surface area contributed by atoms with Gasteiger partial charge in [0.2, 0.25) is 0 Å². The number of aryl methyl sites for hydroxylation is 1. The van der Waals surface area contributed by atoms with E-state index < -0.39 is 0 Å². The number of para-hydroxylation sites is 1. The standard InChI is InChI=1S/C10H14N2OS/c1-7-3-2-4-8(9(7)11)10(13)12-5-6-14/h2-4,14H,5-6,11H2,1H3,(H,12,13). The van der Waals surface area contributed by atoms with Crippen LogP contribution in [-0.2, 0) is 0 Å². The lowest BCUT2D eigenvalue weighted by molar-refractivity contribution is 0.0957. The van der Waals surface area contributed by atoms with Crippen LogP contribution in [0.1, 0.15) is 15.9 Å². The molecule has 0 saturated heterocycles. The van der Waals surface area contributed by atoms with Gasteiger partial charge in [-0.15, -0.1) is 0 Å². The molecule has 1 aromatic carbocycles. The van der Waals surface area contributed by atoms with Crippen LogP contribution in [-0.4, -0.2) is 18.2 Å². The van der Waals surface area contributed by atoms with Crippen molar-refractivity contribution < 1.29 is 4.79 Å². The van der Waals surface area contributed by atoms with Crippen LogP contribution in [0.2, 0.25) is 0 Å². The van der Waals surface area contributed by atoms with E-state index in [1.165, 1.54) is 0 Å².